The number of pyridine rings is 1. The second kappa shape index (κ2) is 7.77. The van der Waals surface area contributed by atoms with E-state index in [4.69, 9.17) is 0 Å². The van der Waals surface area contributed by atoms with Gasteiger partial charge in [-0.2, -0.15) is 0 Å². The van der Waals surface area contributed by atoms with E-state index >= 15 is 0 Å². The molecule has 0 amide bonds. The third kappa shape index (κ3) is 4.02. The monoisotopic (exact) mass is 307 g/mol. The zero-order chi connectivity index (χ0) is 16.1. The van der Waals surface area contributed by atoms with Crippen LogP contribution in [0.4, 0.5) is 0 Å². The van der Waals surface area contributed by atoms with Crippen molar-refractivity contribution in [2.24, 2.45) is 5.92 Å². The van der Waals surface area contributed by atoms with Gasteiger partial charge in [0.1, 0.15) is 0 Å². The molecule has 0 atom stereocenters. The number of benzene rings is 1. The maximum absolute atomic E-state index is 4.63. The Hall–Kier alpha value is -1.63. The van der Waals surface area contributed by atoms with Gasteiger partial charge in [0.2, 0.25) is 0 Å². The second-order valence-corrected chi connectivity index (χ2v) is 7.05. The van der Waals surface area contributed by atoms with Crippen LogP contribution >= 0.6 is 0 Å². The van der Waals surface area contributed by atoms with Gasteiger partial charge in [-0.15, -0.1) is 0 Å². The fourth-order valence-electron chi connectivity index (χ4n) is 3.86. The largest absolute Gasteiger partial charge is 0.256 e. The summed E-state index contributed by atoms with van der Waals surface area (Å²) in [6.07, 6.45) is 11.2. The smallest absolute Gasteiger partial charge is 0.0702 e. The molecule has 0 unspecified atom stereocenters. The summed E-state index contributed by atoms with van der Waals surface area (Å²) in [4.78, 5) is 4.63. The molecule has 1 aliphatic rings. The van der Waals surface area contributed by atoms with Crippen LogP contribution in [0.15, 0.2) is 42.6 Å². The van der Waals surface area contributed by atoms with Crippen LogP contribution in [0.5, 0.6) is 0 Å². The molecule has 1 aromatic carbocycles. The predicted molar refractivity (Wildman–Crippen MR) is 98.7 cm³/mol. The Bertz CT molecular complexity index is 589. The first kappa shape index (κ1) is 16.2. The molecular formula is C22H29N. The Kier molecular flexibility index (Phi) is 5.48. The Morgan fingerprint density at radius 3 is 2.22 bits per heavy atom. The molecule has 0 radical (unpaired) electrons. The van der Waals surface area contributed by atoms with Crippen LogP contribution in [-0.4, -0.2) is 4.98 Å². The molecule has 122 valence electrons. The minimum atomic E-state index is 0.770. The van der Waals surface area contributed by atoms with Gasteiger partial charge in [-0.3, -0.25) is 4.98 Å². The van der Waals surface area contributed by atoms with Gasteiger partial charge >= 0.3 is 0 Å². The summed E-state index contributed by atoms with van der Waals surface area (Å²) in [7, 11) is 0. The topological polar surface area (TPSA) is 12.9 Å². The fourth-order valence-corrected chi connectivity index (χ4v) is 3.86. The molecule has 23 heavy (non-hydrogen) atoms. The van der Waals surface area contributed by atoms with Crippen molar-refractivity contribution in [1.82, 2.24) is 4.98 Å². The van der Waals surface area contributed by atoms with Crippen LogP contribution in [-0.2, 0) is 6.42 Å². The van der Waals surface area contributed by atoms with Crippen LogP contribution in [0.3, 0.4) is 0 Å². The molecule has 0 bridgehead atoms. The average molecular weight is 307 g/mol. The van der Waals surface area contributed by atoms with E-state index in [-0.39, 0.29) is 0 Å². The Labute approximate surface area is 141 Å². The van der Waals surface area contributed by atoms with Gasteiger partial charge in [-0.1, -0.05) is 57.0 Å². The van der Waals surface area contributed by atoms with Gasteiger partial charge in [0.25, 0.3) is 0 Å². The van der Waals surface area contributed by atoms with Crippen LogP contribution in [0, 0.1) is 5.92 Å². The lowest BCUT2D eigenvalue weighted by Crippen LogP contribution is -2.12. The third-order valence-corrected chi connectivity index (χ3v) is 5.47. The molecule has 0 N–H and O–H groups in total. The number of hydrogen-bond donors (Lipinski definition) is 0. The quantitative estimate of drug-likeness (QED) is 0.624. The van der Waals surface area contributed by atoms with E-state index in [0.29, 0.717) is 0 Å². The average Bonchev–Trinajstić information content (AvgIpc) is 2.63. The van der Waals surface area contributed by atoms with Crippen molar-refractivity contribution in [1.29, 1.82) is 0 Å². The lowest BCUT2D eigenvalue weighted by atomic mass is 9.78. The molecule has 3 rings (SSSR count). The molecule has 1 aliphatic carbocycles. The fraction of sp³-hybridized carbons (Fsp3) is 0.500. The summed E-state index contributed by atoms with van der Waals surface area (Å²) in [5.41, 5.74) is 5.18. The van der Waals surface area contributed by atoms with Gasteiger partial charge in [0.15, 0.2) is 0 Å². The van der Waals surface area contributed by atoms with Crippen molar-refractivity contribution in [3.8, 4) is 11.3 Å². The van der Waals surface area contributed by atoms with E-state index in [2.05, 4.69) is 55.2 Å². The molecule has 0 spiro atoms. The summed E-state index contributed by atoms with van der Waals surface area (Å²) < 4.78 is 0. The maximum atomic E-state index is 4.63. The summed E-state index contributed by atoms with van der Waals surface area (Å²) in [6, 6.07) is 13.5. The number of nitrogens with zero attached hydrogens (tertiary/aromatic N) is 1. The number of aryl methyl sites for hydroxylation is 1. The molecule has 1 fully saturated rings. The van der Waals surface area contributed by atoms with Gasteiger partial charge in [-0.25, -0.2) is 0 Å². The first-order valence-electron chi connectivity index (χ1n) is 9.35. The van der Waals surface area contributed by atoms with Crippen molar-refractivity contribution in [2.45, 2.75) is 64.7 Å². The number of rotatable bonds is 5. The van der Waals surface area contributed by atoms with Crippen molar-refractivity contribution in [2.75, 3.05) is 0 Å². The first-order valence-corrected chi connectivity index (χ1v) is 9.35. The molecule has 1 saturated carbocycles. The Balaban J connectivity index is 1.67. The SMILES string of the molecule is CCCc1ccc(-c2ccc(C3CCC(CC)CC3)cc2)nc1. The van der Waals surface area contributed by atoms with Crippen LogP contribution in [0.2, 0.25) is 0 Å². The number of hydrogen-bond acceptors (Lipinski definition) is 1. The molecule has 1 nitrogen and oxygen atoms in total. The minimum absolute atomic E-state index is 0.770. The second-order valence-electron chi connectivity index (χ2n) is 7.05. The van der Waals surface area contributed by atoms with E-state index in [9.17, 15) is 0 Å². The molecular weight excluding hydrogens is 278 g/mol. The normalized spacial score (nSPS) is 21.3. The summed E-state index contributed by atoms with van der Waals surface area (Å²) >= 11 is 0. The van der Waals surface area contributed by atoms with Crippen molar-refractivity contribution >= 4 is 0 Å². The van der Waals surface area contributed by atoms with E-state index in [1.807, 2.05) is 6.20 Å². The molecule has 1 heteroatoms. The first-order chi connectivity index (χ1) is 11.3. The van der Waals surface area contributed by atoms with Crippen molar-refractivity contribution in [3.63, 3.8) is 0 Å². The standard InChI is InChI=1S/C22H29N/c1-3-5-18-8-15-22(23-16-18)21-13-11-20(12-14-21)19-9-6-17(4-2)7-10-19/h8,11-17,19H,3-7,9-10H2,1-2H3. The molecule has 0 aliphatic heterocycles. The van der Waals surface area contributed by atoms with Gasteiger partial charge in [-0.05, 0) is 61.1 Å². The number of aromatic nitrogens is 1. The van der Waals surface area contributed by atoms with Gasteiger partial charge in [0.05, 0.1) is 5.69 Å². The van der Waals surface area contributed by atoms with Crippen LogP contribution in [0.25, 0.3) is 11.3 Å². The van der Waals surface area contributed by atoms with Gasteiger partial charge < -0.3 is 0 Å². The summed E-state index contributed by atoms with van der Waals surface area (Å²) in [6.45, 7) is 4.54. The highest BCUT2D eigenvalue weighted by Gasteiger charge is 2.21. The van der Waals surface area contributed by atoms with E-state index < -0.39 is 0 Å². The molecule has 1 aromatic heterocycles. The summed E-state index contributed by atoms with van der Waals surface area (Å²) in [5, 5.41) is 0. The van der Waals surface area contributed by atoms with Crippen LogP contribution < -0.4 is 0 Å². The van der Waals surface area contributed by atoms with E-state index in [1.165, 1.54) is 55.2 Å². The predicted octanol–water partition coefficient (Wildman–Crippen LogP) is 6.38. The zero-order valence-corrected chi connectivity index (χ0v) is 14.6. The highest BCUT2D eigenvalue weighted by molar-refractivity contribution is 5.59. The van der Waals surface area contributed by atoms with Crippen LogP contribution in [0.1, 0.15) is 69.4 Å². The van der Waals surface area contributed by atoms with Crippen molar-refractivity contribution in [3.05, 3.63) is 53.7 Å². The van der Waals surface area contributed by atoms with Crippen molar-refractivity contribution < 1.29 is 0 Å². The highest BCUT2D eigenvalue weighted by atomic mass is 14.7. The summed E-state index contributed by atoms with van der Waals surface area (Å²) in [5.74, 6) is 1.74. The highest BCUT2D eigenvalue weighted by Crippen LogP contribution is 2.37. The van der Waals surface area contributed by atoms with E-state index in [1.54, 1.807) is 0 Å². The molecule has 1 heterocycles. The molecule has 0 saturated heterocycles. The lowest BCUT2D eigenvalue weighted by Gasteiger charge is -2.28. The van der Waals surface area contributed by atoms with Gasteiger partial charge in [0, 0.05) is 11.8 Å². The zero-order valence-electron chi connectivity index (χ0n) is 14.6. The lowest BCUT2D eigenvalue weighted by molar-refractivity contribution is 0.319. The third-order valence-electron chi connectivity index (χ3n) is 5.47. The Morgan fingerprint density at radius 1 is 0.913 bits per heavy atom. The minimum Gasteiger partial charge on any atom is -0.256 e. The Morgan fingerprint density at radius 2 is 1.65 bits per heavy atom. The maximum Gasteiger partial charge on any atom is 0.0702 e. The van der Waals surface area contributed by atoms with E-state index in [0.717, 1.165) is 24.0 Å². The molecule has 2 aromatic rings.